The predicted molar refractivity (Wildman–Crippen MR) is 78.2 cm³/mol. The van der Waals surface area contributed by atoms with Crippen molar-refractivity contribution in [3.8, 4) is 16.9 Å². The summed E-state index contributed by atoms with van der Waals surface area (Å²) in [6.07, 6.45) is 2.50. The van der Waals surface area contributed by atoms with Gasteiger partial charge in [-0.3, -0.25) is 0 Å². The summed E-state index contributed by atoms with van der Waals surface area (Å²) in [5, 5.41) is 3.48. The summed E-state index contributed by atoms with van der Waals surface area (Å²) in [7, 11) is 1.54. The van der Waals surface area contributed by atoms with E-state index in [1.807, 2.05) is 24.3 Å². The summed E-state index contributed by atoms with van der Waals surface area (Å²) >= 11 is 0. The number of benzene rings is 2. The van der Waals surface area contributed by atoms with Crippen LogP contribution in [0.25, 0.3) is 11.1 Å². The first kappa shape index (κ1) is 13.1. The zero-order chi connectivity index (χ0) is 13.9. The molecule has 0 aromatic heterocycles. The van der Waals surface area contributed by atoms with Gasteiger partial charge in [-0.25, -0.2) is 4.39 Å². The molecule has 0 spiro atoms. The molecule has 0 saturated heterocycles. The quantitative estimate of drug-likeness (QED) is 0.894. The lowest BCUT2D eigenvalue weighted by molar-refractivity contribution is 0.411. The first-order chi connectivity index (χ1) is 9.78. The highest BCUT2D eigenvalue weighted by Gasteiger charge is 2.20. The molecule has 1 aliphatic carbocycles. The molecule has 1 fully saturated rings. The van der Waals surface area contributed by atoms with E-state index in [0.717, 1.165) is 17.7 Å². The van der Waals surface area contributed by atoms with Gasteiger partial charge in [0.05, 0.1) is 7.11 Å². The summed E-state index contributed by atoms with van der Waals surface area (Å²) < 4.78 is 19.3. The van der Waals surface area contributed by atoms with E-state index in [4.69, 9.17) is 4.74 Å². The Labute approximate surface area is 118 Å². The van der Waals surface area contributed by atoms with Gasteiger partial charge in [0.15, 0.2) is 0 Å². The van der Waals surface area contributed by atoms with E-state index in [1.54, 1.807) is 19.2 Å². The van der Waals surface area contributed by atoms with Crippen molar-refractivity contribution in [3.05, 3.63) is 53.8 Å². The third-order valence-electron chi connectivity index (χ3n) is 3.64. The second-order valence-electron chi connectivity index (χ2n) is 5.16. The van der Waals surface area contributed by atoms with Crippen molar-refractivity contribution < 1.29 is 9.13 Å². The fourth-order valence-corrected chi connectivity index (χ4v) is 2.32. The molecule has 1 N–H and O–H groups in total. The standard InChI is InChI=1S/C17H18FNO/c1-20-14-8-9-16(17(18)10-14)15-5-3-2-4-12(15)11-19-13-6-7-13/h2-5,8-10,13,19H,6-7,11H2,1H3. The van der Waals surface area contributed by atoms with E-state index in [-0.39, 0.29) is 5.82 Å². The van der Waals surface area contributed by atoms with Crippen LogP contribution in [0.15, 0.2) is 42.5 Å². The number of halogens is 1. The van der Waals surface area contributed by atoms with Crippen LogP contribution in [-0.4, -0.2) is 13.2 Å². The molecule has 0 atom stereocenters. The fourth-order valence-electron chi connectivity index (χ4n) is 2.32. The highest BCUT2D eigenvalue weighted by Crippen LogP contribution is 2.29. The highest BCUT2D eigenvalue weighted by molar-refractivity contribution is 5.68. The fraction of sp³-hybridized carbons (Fsp3) is 0.294. The lowest BCUT2D eigenvalue weighted by Gasteiger charge is -2.12. The van der Waals surface area contributed by atoms with Gasteiger partial charge in [-0.05, 0) is 36.1 Å². The maximum absolute atomic E-state index is 14.2. The van der Waals surface area contributed by atoms with Crippen LogP contribution in [0.5, 0.6) is 5.75 Å². The minimum absolute atomic E-state index is 0.247. The van der Waals surface area contributed by atoms with Gasteiger partial charge >= 0.3 is 0 Å². The van der Waals surface area contributed by atoms with Crippen molar-refractivity contribution in [2.24, 2.45) is 0 Å². The molecule has 1 aliphatic rings. The highest BCUT2D eigenvalue weighted by atomic mass is 19.1. The van der Waals surface area contributed by atoms with Crippen LogP contribution in [-0.2, 0) is 6.54 Å². The SMILES string of the molecule is COc1ccc(-c2ccccc2CNC2CC2)c(F)c1. The molecule has 1 saturated carbocycles. The molecule has 0 radical (unpaired) electrons. The maximum atomic E-state index is 14.2. The van der Waals surface area contributed by atoms with Gasteiger partial charge in [-0.1, -0.05) is 24.3 Å². The molecular formula is C17H18FNO. The second-order valence-corrected chi connectivity index (χ2v) is 5.16. The number of methoxy groups -OCH3 is 1. The van der Waals surface area contributed by atoms with Gasteiger partial charge < -0.3 is 10.1 Å². The monoisotopic (exact) mass is 271 g/mol. The lowest BCUT2D eigenvalue weighted by atomic mass is 9.99. The van der Waals surface area contributed by atoms with Crippen LogP contribution in [0, 0.1) is 5.82 Å². The van der Waals surface area contributed by atoms with E-state index < -0.39 is 0 Å². The van der Waals surface area contributed by atoms with E-state index in [9.17, 15) is 4.39 Å². The molecule has 3 heteroatoms. The molecule has 2 aromatic rings. The molecule has 0 unspecified atom stereocenters. The van der Waals surface area contributed by atoms with E-state index in [0.29, 0.717) is 17.4 Å². The average molecular weight is 271 g/mol. The normalized spacial score (nSPS) is 14.3. The Hall–Kier alpha value is -1.87. The summed E-state index contributed by atoms with van der Waals surface area (Å²) in [5.74, 6) is 0.294. The number of hydrogen-bond acceptors (Lipinski definition) is 2. The van der Waals surface area contributed by atoms with Crippen LogP contribution in [0.4, 0.5) is 4.39 Å². The van der Waals surface area contributed by atoms with Crippen LogP contribution in [0.1, 0.15) is 18.4 Å². The van der Waals surface area contributed by atoms with Crippen molar-refractivity contribution in [1.29, 1.82) is 0 Å². The van der Waals surface area contributed by atoms with Crippen LogP contribution >= 0.6 is 0 Å². The number of ether oxygens (including phenoxy) is 1. The van der Waals surface area contributed by atoms with Crippen molar-refractivity contribution in [1.82, 2.24) is 5.32 Å². The molecular weight excluding hydrogens is 253 g/mol. The van der Waals surface area contributed by atoms with Gasteiger partial charge in [0, 0.05) is 24.2 Å². The van der Waals surface area contributed by atoms with Gasteiger partial charge in [-0.2, -0.15) is 0 Å². The third-order valence-corrected chi connectivity index (χ3v) is 3.64. The number of hydrogen-bond donors (Lipinski definition) is 1. The molecule has 2 nitrogen and oxygen atoms in total. The third kappa shape index (κ3) is 2.83. The molecule has 0 heterocycles. The van der Waals surface area contributed by atoms with Gasteiger partial charge in [0.1, 0.15) is 11.6 Å². The first-order valence-corrected chi connectivity index (χ1v) is 6.93. The average Bonchev–Trinajstić information content (AvgIpc) is 3.29. The minimum atomic E-state index is -0.247. The zero-order valence-corrected chi connectivity index (χ0v) is 11.5. The Kier molecular flexibility index (Phi) is 3.70. The molecule has 3 rings (SSSR count). The Bertz CT molecular complexity index is 608. The maximum Gasteiger partial charge on any atom is 0.134 e. The first-order valence-electron chi connectivity index (χ1n) is 6.93. The molecule has 0 bridgehead atoms. The number of nitrogens with one attached hydrogen (secondary N) is 1. The Morgan fingerprint density at radius 3 is 2.65 bits per heavy atom. The smallest absolute Gasteiger partial charge is 0.134 e. The van der Waals surface area contributed by atoms with Crippen LogP contribution < -0.4 is 10.1 Å². The summed E-state index contributed by atoms with van der Waals surface area (Å²) in [5.41, 5.74) is 2.70. The largest absolute Gasteiger partial charge is 0.497 e. The van der Waals surface area contributed by atoms with Gasteiger partial charge in [0.25, 0.3) is 0 Å². The molecule has 0 amide bonds. The lowest BCUT2D eigenvalue weighted by Crippen LogP contribution is -2.15. The minimum Gasteiger partial charge on any atom is -0.497 e. The van der Waals surface area contributed by atoms with Crippen molar-refractivity contribution in [3.63, 3.8) is 0 Å². The summed E-state index contributed by atoms with van der Waals surface area (Å²) in [4.78, 5) is 0. The van der Waals surface area contributed by atoms with Crippen molar-refractivity contribution in [2.75, 3.05) is 7.11 Å². The zero-order valence-electron chi connectivity index (χ0n) is 11.5. The Morgan fingerprint density at radius 2 is 1.95 bits per heavy atom. The molecule has 0 aliphatic heterocycles. The van der Waals surface area contributed by atoms with Crippen LogP contribution in [0.2, 0.25) is 0 Å². The van der Waals surface area contributed by atoms with Crippen molar-refractivity contribution in [2.45, 2.75) is 25.4 Å². The van der Waals surface area contributed by atoms with E-state index in [2.05, 4.69) is 5.32 Å². The summed E-state index contributed by atoms with van der Waals surface area (Å²) in [6.45, 7) is 0.784. The second kappa shape index (κ2) is 5.63. The predicted octanol–water partition coefficient (Wildman–Crippen LogP) is 3.75. The van der Waals surface area contributed by atoms with E-state index >= 15 is 0 Å². The number of rotatable bonds is 5. The molecule has 104 valence electrons. The molecule has 20 heavy (non-hydrogen) atoms. The summed E-state index contributed by atoms with van der Waals surface area (Å²) in [6, 6.07) is 13.6. The van der Waals surface area contributed by atoms with E-state index in [1.165, 1.54) is 18.9 Å². The van der Waals surface area contributed by atoms with Gasteiger partial charge in [0.2, 0.25) is 0 Å². The van der Waals surface area contributed by atoms with Gasteiger partial charge in [-0.15, -0.1) is 0 Å². The Morgan fingerprint density at radius 1 is 1.15 bits per heavy atom. The molecule has 2 aromatic carbocycles. The van der Waals surface area contributed by atoms with Crippen molar-refractivity contribution >= 4 is 0 Å². The Balaban J connectivity index is 1.91. The topological polar surface area (TPSA) is 21.3 Å². The van der Waals surface area contributed by atoms with Crippen LogP contribution in [0.3, 0.4) is 0 Å².